The lowest BCUT2D eigenvalue weighted by molar-refractivity contribution is -0.151. The standard InChI is InChI=1S/C18H22ClNO3.C14H13F3N6O5S.C14H13F3N2O4S/c1-3-4-5-7-13(2)23-17(21)12-22-16-10-9-15(19)14-8-6-11-20-18(14)16;1-26-8-6-9(27-2)23-13(19-8)20-12(21-23)22-29(24,25)10-7(14(15,16)17)4-5-18-11(10)28-3;1-7-11(13(21)19(2)18-7)12(20)9-5-4-8(14(15,16)17)6-10(9)24(3,22)23/h6,8-11,13H,3-5,7,12H2,1-2H3;4-6H,1-3H3,(H,21,22);4-6,18H,1-3H3. The summed E-state index contributed by atoms with van der Waals surface area (Å²) in [5, 5.41) is 7.82. The number of carbonyl (C=O) groups is 2. The summed E-state index contributed by atoms with van der Waals surface area (Å²) in [7, 11) is -3.97. The molecule has 2 N–H and O–H groups in total. The molecule has 1 atom stereocenters. The predicted octanol–water partition coefficient (Wildman–Crippen LogP) is 7.82. The molecule has 0 aliphatic carbocycles. The molecule has 0 fully saturated rings. The molecule has 0 radical (unpaired) electrons. The Morgan fingerprint density at radius 2 is 1.61 bits per heavy atom. The van der Waals surface area contributed by atoms with Crippen LogP contribution in [0.2, 0.25) is 5.02 Å². The molecule has 1 unspecified atom stereocenters. The zero-order valence-corrected chi connectivity index (χ0v) is 43.8. The number of H-pyrrole nitrogens is 1. The van der Waals surface area contributed by atoms with Crippen LogP contribution in [-0.4, -0.2) is 108 Å². The van der Waals surface area contributed by atoms with Crippen LogP contribution in [-0.2, 0) is 48.8 Å². The summed E-state index contributed by atoms with van der Waals surface area (Å²) in [6, 6.07) is 10.8. The van der Waals surface area contributed by atoms with E-state index >= 15 is 0 Å². The van der Waals surface area contributed by atoms with Gasteiger partial charge in [0.25, 0.3) is 27.3 Å². The average Bonchev–Trinajstić information content (AvgIpc) is 3.88. The number of nitrogens with one attached hydrogen (secondary N) is 2. The van der Waals surface area contributed by atoms with Crippen LogP contribution in [0.1, 0.15) is 72.3 Å². The first-order valence-electron chi connectivity index (χ1n) is 22.1. The summed E-state index contributed by atoms with van der Waals surface area (Å²) in [4.78, 5) is 50.0. The highest BCUT2D eigenvalue weighted by atomic mass is 35.5. The van der Waals surface area contributed by atoms with Crippen LogP contribution < -0.4 is 29.2 Å². The number of benzene rings is 2. The molecule has 7 aromatic rings. The SMILES string of the molecule is CCCCCC(C)OC(=O)COc1ccc(Cl)c2cccnc12.COc1cc(OC)n2nc(NS(=O)(=O)c3c(C(F)(F)F)ccnc3OC)nc2n1.Cc1[nH]n(C)c(=O)c1C(=O)c1ccc(C(F)(F)F)cc1S(C)(=O)=O. The average molecular weight is 1130 g/mol. The molecule has 0 aliphatic rings. The molecule has 5 heterocycles. The maximum Gasteiger partial charge on any atom is 0.418 e. The number of aromatic nitrogens is 8. The first-order chi connectivity index (χ1) is 35.6. The molecular formula is C46H48ClF6N9O12S2. The van der Waals surface area contributed by atoms with Crippen LogP contribution in [0.3, 0.4) is 0 Å². The molecule has 410 valence electrons. The first-order valence-corrected chi connectivity index (χ1v) is 25.9. The third-order valence-corrected chi connectivity index (χ3v) is 13.4. The van der Waals surface area contributed by atoms with Gasteiger partial charge in [-0.1, -0.05) is 31.4 Å². The van der Waals surface area contributed by atoms with Gasteiger partial charge in [0.2, 0.25) is 23.4 Å². The molecule has 0 bridgehead atoms. The van der Waals surface area contributed by atoms with Crippen molar-refractivity contribution in [1.82, 2.24) is 39.3 Å². The van der Waals surface area contributed by atoms with Crippen molar-refractivity contribution in [3.05, 3.63) is 110 Å². The monoisotopic (exact) mass is 1130 g/mol. The minimum absolute atomic E-state index is 0.0854. The number of sulfone groups is 1. The number of alkyl halides is 6. The number of rotatable bonds is 17. The molecule has 0 amide bonds. The second-order valence-electron chi connectivity index (χ2n) is 16.1. The molecule has 30 heteroatoms. The van der Waals surface area contributed by atoms with Crippen LogP contribution in [0.4, 0.5) is 32.3 Å². The molecule has 76 heavy (non-hydrogen) atoms. The van der Waals surface area contributed by atoms with Gasteiger partial charge in [-0.15, -0.1) is 5.10 Å². The van der Waals surface area contributed by atoms with E-state index in [0.717, 1.165) is 59.6 Å². The van der Waals surface area contributed by atoms with Crippen molar-refractivity contribution in [1.29, 1.82) is 0 Å². The fourth-order valence-electron chi connectivity index (χ4n) is 6.99. The Hall–Kier alpha value is -7.53. The normalized spacial score (nSPS) is 12.2. The number of unbranched alkanes of at least 4 members (excludes halogenated alkanes) is 2. The van der Waals surface area contributed by atoms with Gasteiger partial charge in [-0.2, -0.15) is 40.8 Å². The fraction of sp³-hybridized carbons (Fsp3) is 0.348. The number of halogens is 7. The van der Waals surface area contributed by atoms with E-state index in [0.29, 0.717) is 40.7 Å². The van der Waals surface area contributed by atoms with Crippen molar-refractivity contribution >= 4 is 65.8 Å². The van der Waals surface area contributed by atoms with Gasteiger partial charge in [0.15, 0.2) is 21.3 Å². The van der Waals surface area contributed by atoms with Crippen molar-refractivity contribution in [3.8, 4) is 23.4 Å². The van der Waals surface area contributed by atoms with Gasteiger partial charge in [-0.25, -0.2) is 31.3 Å². The highest BCUT2D eigenvalue weighted by molar-refractivity contribution is 7.93. The zero-order chi connectivity index (χ0) is 56.5. The topological polar surface area (TPSA) is 267 Å². The highest BCUT2D eigenvalue weighted by Gasteiger charge is 2.41. The van der Waals surface area contributed by atoms with E-state index in [-0.39, 0.29) is 47.5 Å². The number of nitrogens with zero attached hydrogens (tertiary/aromatic N) is 7. The van der Waals surface area contributed by atoms with Crippen molar-refractivity contribution < 1.29 is 76.5 Å². The van der Waals surface area contributed by atoms with Gasteiger partial charge in [0.1, 0.15) is 16.8 Å². The maximum atomic E-state index is 13.3. The van der Waals surface area contributed by atoms with E-state index < -0.39 is 81.9 Å². The van der Waals surface area contributed by atoms with Gasteiger partial charge in [-0.3, -0.25) is 24.4 Å². The highest BCUT2D eigenvalue weighted by Crippen LogP contribution is 2.39. The Labute approximate surface area is 434 Å². The number of anilines is 1. The predicted molar refractivity (Wildman–Crippen MR) is 261 cm³/mol. The Bertz CT molecular complexity index is 3540. The number of aromatic amines is 1. The quantitative estimate of drug-likeness (QED) is 0.0381. The van der Waals surface area contributed by atoms with E-state index in [9.17, 15) is 57.6 Å². The lowest BCUT2D eigenvalue weighted by Crippen LogP contribution is -2.21. The van der Waals surface area contributed by atoms with Gasteiger partial charge >= 0.3 is 18.3 Å². The number of ether oxygens (including phenoxy) is 5. The van der Waals surface area contributed by atoms with Gasteiger partial charge in [-0.05, 0) is 75.2 Å². The smallest absolute Gasteiger partial charge is 0.418 e. The second-order valence-corrected chi connectivity index (χ2v) is 20.1. The summed E-state index contributed by atoms with van der Waals surface area (Å²) in [6.07, 6.45) is -2.43. The minimum Gasteiger partial charge on any atom is -0.481 e. The molecule has 5 aromatic heterocycles. The third kappa shape index (κ3) is 14.4. The number of fused-ring (bicyclic) bond motifs is 2. The maximum absolute atomic E-state index is 13.3. The van der Waals surface area contributed by atoms with Crippen LogP contribution in [0.15, 0.2) is 81.6 Å². The number of pyridine rings is 2. The van der Waals surface area contributed by atoms with Crippen LogP contribution in [0.25, 0.3) is 16.7 Å². The largest absolute Gasteiger partial charge is 0.481 e. The Kier molecular flexibility index (Phi) is 19.1. The first kappa shape index (κ1) is 59.3. The third-order valence-electron chi connectivity index (χ3n) is 10.5. The lowest BCUT2D eigenvalue weighted by atomic mass is 10.0. The number of sulfonamides is 1. The summed E-state index contributed by atoms with van der Waals surface area (Å²) in [6.45, 7) is 5.35. The van der Waals surface area contributed by atoms with Gasteiger partial charge in [0, 0.05) is 42.3 Å². The number of esters is 1. The van der Waals surface area contributed by atoms with Gasteiger partial charge in [0.05, 0.1) is 54.5 Å². The van der Waals surface area contributed by atoms with Crippen LogP contribution in [0.5, 0.6) is 23.4 Å². The summed E-state index contributed by atoms with van der Waals surface area (Å²) in [5.74, 6) is -2.01. The molecule has 0 aliphatic heterocycles. The summed E-state index contributed by atoms with van der Waals surface area (Å²) < 4.78 is 157. The molecule has 0 spiro atoms. The summed E-state index contributed by atoms with van der Waals surface area (Å²) >= 11 is 6.13. The number of ketones is 1. The number of methoxy groups -OCH3 is 3. The number of hydrogen-bond donors (Lipinski definition) is 2. The van der Waals surface area contributed by atoms with Crippen LogP contribution >= 0.6 is 11.6 Å². The van der Waals surface area contributed by atoms with E-state index in [4.69, 9.17) is 35.3 Å². The van der Waals surface area contributed by atoms with Crippen molar-refractivity contribution in [3.63, 3.8) is 0 Å². The molecule has 0 saturated heterocycles. The van der Waals surface area contributed by atoms with Crippen molar-refractivity contribution in [2.45, 2.75) is 74.7 Å². The minimum atomic E-state index is -4.98. The molecule has 0 saturated carbocycles. The fourth-order valence-corrected chi connectivity index (χ4v) is 9.37. The van der Waals surface area contributed by atoms with Crippen molar-refractivity contribution in [2.24, 2.45) is 7.05 Å². The van der Waals surface area contributed by atoms with E-state index in [1.165, 1.54) is 34.3 Å². The number of carbonyl (C=O) groups excluding carboxylic acids is 2. The Morgan fingerprint density at radius 3 is 2.20 bits per heavy atom. The Morgan fingerprint density at radius 1 is 0.895 bits per heavy atom. The molecule has 2 aromatic carbocycles. The summed E-state index contributed by atoms with van der Waals surface area (Å²) in [5.41, 5.74) is -3.32. The van der Waals surface area contributed by atoms with E-state index in [1.807, 2.05) is 23.8 Å². The van der Waals surface area contributed by atoms with Gasteiger partial charge < -0.3 is 23.7 Å². The van der Waals surface area contributed by atoms with E-state index in [1.54, 1.807) is 18.3 Å². The lowest BCUT2D eigenvalue weighted by Gasteiger charge is -2.15. The molecule has 21 nitrogen and oxygen atoms in total. The Balaban J connectivity index is 0.000000212. The second kappa shape index (κ2) is 24.4. The molecule has 7 rings (SSSR count). The zero-order valence-electron chi connectivity index (χ0n) is 41.5. The van der Waals surface area contributed by atoms with Crippen LogP contribution in [0, 0.1) is 6.92 Å². The van der Waals surface area contributed by atoms with E-state index in [2.05, 4.69) is 37.1 Å². The van der Waals surface area contributed by atoms with Crippen molar-refractivity contribution in [2.75, 3.05) is 38.9 Å². The molecular weight excluding hydrogens is 1080 g/mol. The number of aryl methyl sites for hydroxylation is 2. The number of hydrogen-bond acceptors (Lipinski definition) is 17.